The lowest BCUT2D eigenvalue weighted by Gasteiger charge is -2.22. The van der Waals surface area contributed by atoms with Crippen LogP contribution in [0.15, 0.2) is 6.20 Å². The molecule has 0 amide bonds. The summed E-state index contributed by atoms with van der Waals surface area (Å²) in [6.45, 7) is 6.23. The number of aromatic nitrogens is 2. The molecule has 96 valence electrons. The van der Waals surface area contributed by atoms with Gasteiger partial charge in [0.15, 0.2) is 5.82 Å². The van der Waals surface area contributed by atoms with Gasteiger partial charge in [-0.05, 0) is 13.3 Å². The van der Waals surface area contributed by atoms with Gasteiger partial charge >= 0.3 is 0 Å². The van der Waals surface area contributed by atoms with Crippen molar-refractivity contribution >= 4 is 23.4 Å². The first kappa shape index (κ1) is 14.0. The number of hydrogen-bond acceptors (Lipinski definition) is 5. The third-order valence-corrected chi connectivity index (χ3v) is 2.58. The van der Waals surface area contributed by atoms with E-state index in [2.05, 4.69) is 22.2 Å². The number of hydrogen-bond donors (Lipinski definition) is 2. The van der Waals surface area contributed by atoms with E-state index in [9.17, 15) is 0 Å². The Kier molecular flexibility index (Phi) is 6.00. The zero-order chi connectivity index (χ0) is 12.7. The van der Waals surface area contributed by atoms with Crippen LogP contribution in [-0.4, -0.2) is 41.3 Å². The van der Waals surface area contributed by atoms with Crippen molar-refractivity contribution in [3.8, 4) is 0 Å². The van der Waals surface area contributed by atoms with Crippen molar-refractivity contribution < 1.29 is 5.11 Å². The smallest absolute Gasteiger partial charge is 0.224 e. The van der Waals surface area contributed by atoms with Crippen LogP contribution in [0.4, 0.5) is 11.8 Å². The SMILES string of the molecule is CCCNc1ncc(Cl)c(N(CC)CCO)n1. The molecule has 0 radical (unpaired) electrons. The lowest BCUT2D eigenvalue weighted by atomic mass is 10.4. The highest BCUT2D eigenvalue weighted by molar-refractivity contribution is 6.32. The van der Waals surface area contributed by atoms with Crippen LogP contribution in [0.2, 0.25) is 5.02 Å². The van der Waals surface area contributed by atoms with Gasteiger partial charge < -0.3 is 15.3 Å². The number of rotatable bonds is 7. The second-order valence-electron chi connectivity index (χ2n) is 3.60. The molecule has 6 heteroatoms. The molecule has 0 spiro atoms. The van der Waals surface area contributed by atoms with E-state index in [-0.39, 0.29) is 6.61 Å². The van der Waals surface area contributed by atoms with Gasteiger partial charge in [0.1, 0.15) is 5.02 Å². The average Bonchev–Trinajstić information content (AvgIpc) is 2.35. The normalized spacial score (nSPS) is 10.4. The van der Waals surface area contributed by atoms with Crippen LogP contribution in [0, 0.1) is 0 Å². The van der Waals surface area contributed by atoms with Crippen molar-refractivity contribution in [2.24, 2.45) is 0 Å². The Hall–Kier alpha value is -1.07. The first-order valence-corrected chi connectivity index (χ1v) is 6.22. The summed E-state index contributed by atoms with van der Waals surface area (Å²) in [6.07, 6.45) is 2.59. The Morgan fingerprint density at radius 3 is 2.82 bits per heavy atom. The van der Waals surface area contributed by atoms with Gasteiger partial charge in [0.25, 0.3) is 0 Å². The van der Waals surface area contributed by atoms with Gasteiger partial charge in [0.2, 0.25) is 5.95 Å². The van der Waals surface area contributed by atoms with Gasteiger partial charge in [-0.15, -0.1) is 0 Å². The van der Waals surface area contributed by atoms with Crippen LogP contribution in [0.5, 0.6) is 0 Å². The first-order valence-electron chi connectivity index (χ1n) is 5.85. The van der Waals surface area contributed by atoms with E-state index in [1.165, 1.54) is 0 Å². The molecular formula is C11H19ClN4O. The highest BCUT2D eigenvalue weighted by Gasteiger charge is 2.11. The first-order chi connectivity index (χ1) is 8.22. The van der Waals surface area contributed by atoms with Crippen LogP contribution >= 0.6 is 11.6 Å². The summed E-state index contributed by atoms with van der Waals surface area (Å²) in [4.78, 5) is 10.4. The number of halogens is 1. The van der Waals surface area contributed by atoms with Crippen molar-refractivity contribution in [2.45, 2.75) is 20.3 Å². The summed E-state index contributed by atoms with van der Waals surface area (Å²) in [6, 6.07) is 0. The summed E-state index contributed by atoms with van der Waals surface area (Å²) >= 11 is 6.06. The van der Waals surface area contributed by atoms with E-state index in [0.29, 0.717) is 23.3 Å². The average molecular weight is 259 g/mol. The lowest BCUT2D eigenvalue weighted by Crippen LogP contribution is -2.27. The van der Waals surface area contributed by atoms with Crippen molar-refractivity contribution in [1.29, 1.82) is 0 Å². The Morgan fingerprint density at radius 2 is 2.24 bits per heavy atom. The summed E-state index contributed by atoms with van der Waals surface area (Å²) in [5.41, 5.74) is 0. The van der Waals surface area contributed by atoms with Crippen LogP contribution in [0.3, 0.4) is 0 Å². The van der Waals surface area contributed by atoms with Gasteiger partial charge in [-0.1, -0.05) is 18.5 Å². The molecule has 5 nitrogen and oxygen atoms in total. The molecule has 0 bridgehead atoms. The van der Waals surface area contributed by atoms with Gasteiger partial charge in [-0.25, -0.2) is 4.98 Å². The molecule has 1 heterocycles. The molecule has 0 aliphatic carbocycles. The third kappa shape index (κ3) is 4.02. The number of nitrogens with one attached hydrogen (secondary N) is 1. The zero-order valence-electron chi connectivity index (χ0n) is 10.3. The summed E-state index contributed by atoms with van der Waals surface area (Å²) in [5, 5.41) is 12.6. The van der Waals surface area contributed by atoms with Crippen molar-refractivity contribution in [3.63, 3.8) is 0 Å². The molecule has 0 aromatic carbocycles. The molecule has 0 fully saturated rings. The summed E-state index contributed by atoms with van der Waals surface area (Å²) in [5.74, 6) is 1.24. The standard InChI is InChI=1S/C11H19ClN4O/c1-3-5-13-11-14-8-9(12)10(15-11)16(4-2)6-7-17/h8,17H,3-7H2,1-2H3,(H,13,14,15). The second kappa shape index (κ2) is 7.29. The maximum atomic E-state index is 8.99. The molecule has 0 unspecified atom stereocenters. The molecule has 0 saturated heterocycles. The maximum absolute atomic E-state index is 8.99. The molecular weight excluding hydrogens is 240 g/mol. The highest BCUT2D eigenvalue weighted by atomic mass is 35.5. The fourth-order valence-corrected chi connectivity index (χ4v) is 1.65. The largest absolute Gasteiger partial charge is 0.395 e. The number of aliphatic hydroxyl groups is 1. The Bertz CT molecular complexity index is 348. The van der Waals surface area contributed by atoms with Crippen LogP contribution in [-0.2, 0) is 0 Å². The third-order valence-electron chi connectivity index (χ3n) is 2.31. The molecule has 0 aliphatic rings. The minimum absolute atomic E-state index is 0.0753. The topological polar surface area (TPSA) is 61.3 Å². The highest BCUT2D eigenvalue weighted by Crippen LogP contribution is 2.23. The lowest BCUT2D eigenvalue weighted by molar-refractivity contribution is 0.302. The molecule has 1 aromatic rings. The molecule has 17 heavy (non-hydrogen) atoms. The van der Waals surface area contributed by atoms with Crippen molar-refractivity contribution in [1.82, 2.24) is 9.97 Å². The molecule has 0 aliphatic heterocycles. The van der Waals surface area contributed by atoms with Gasteiger partial charge in [-0.3, -0.25) is 0 Å². The summed E-state index contributed by atoms with van der Waals surface area (Å²) < 4.78 is 0. The number of aliphatic hydroxyl groups excluding tert-OH is 1. The Labute approximate surface area is 107 Å². The minimum Gasteiger partial charge on any atom is -0.395 e. The monoisotopic (exact) mass is 258 g/mol. The molecule has 1 aromatic heterocycles. The molecule has 1 rings (SSSR count). The zero-order valence-corrected chi connectivity index (χ0v) is 11.0. The van der Waals surface area contributed by atoms with Crippen LogP contribution in [0.1, 0.15) is 20.3 Å². The van der Waals surface area contributed by atoms with E-state index in [0.717, 1.165) is 19.5 Å². The predicted octanol–water partition coefficient (Wildman–Crippen LogP) is 1.77. The van der Waals surface area contributed by atoms with E-state index in [1.807, 2.05) is 11.8 Å². The van der Waals surface area contributed by atoms with Crippen molar-refractivity contribution in [3.05, 3.63) is 11.2 Å². The Balaban J connectivity index is 2.87. The fraction of sp³-hybridized carbons (Fsp3) is 0.636. The van der Waals surface area contributed by atoms with E-state index in [4.69, 9.17) is 16.7 Å². The number of nitrogens with zero attached hydrogens (tertiary/aromatic N) is 3. The predicted molar refractivity (Wildman–Crippen MR) is 70.8 cm³/mol. The minimum atomic E-state index is 0.0753. The van der Waals surface area contributed by atoms with Crippen LogP contribution in [0.25, 0.3) is 0 Å². The molecule has 0 saturated carbocycles. The Morgan fingerprint density at radius 1 is 1.47 bits per heavy atom. The van der Waals surface area contributed by atoms with Crippen molar-refractivity contribution in [2.75, 3.05) is 36.5 Å². The molecule has 2 N–H and O–H groups in total. The molecule has 0 atom stereocenters. The fourth-order valence-electron chi connectivity index (χ4n) is 1.44. The number of anilines is 2. The second-order valence-corrected chi connectivity index (χ2v) is 4.00. The van der Waals surface area contributed by atoms with E-state index >= 15 is 0 Å². The quantitative estimate of drug-likeness (QED) is 0.781. The maximum Gasteiger partial charge on any atom is 0.224 e. The van der Waals surface area contributed by atoms with Crippen LogP contribution < -0.4 is 10.2 Å². The van der Waals surface area contributed by atoms with E-state index in [1.54, 1.807) is 6.20 Å². The van der Waals surface area contributed by atoms with Gasteiger partial charge in [-0.2, -0.15) is 4.98 Å². The van der Waals surface area contributed by atoms with Gasteiger partial charge in [0, 0.05) is 19.6 Å². The van der Waals surface area contributed by atoms with Gasteiger partial charge in [0.05, 0.1) is 12.8 Å². The number of likely N-dealkylation sites (N-methyl/N-ethyl adjacent to an activating group) is 1. The summed E-state index contributed by atoms with van der Waals surface area (Å²) in [7, 11) is 0. The van der Waals surface area contributed by atoms with E-state index < -0.39 is 0 Å².